The van der Waals surface area contributed by atoms with Crippen molar-refractivity contribution in [3.8, 4) is 0 Å². The molecule has 0 unspecified atom stereocenters. The summed E-state index contributed by atoms with van der Waals surface area (Å²) in [5.74, 6) is 0.0154. The molecule has 0 fully saturated rings. The summed E-state index contributed by atoms with van der Waals surface area (Å²) in [7, 11) is 0. The molecule has 0 saturated carbocycles. The minimum atomic E-state index is 0.0154. The molecule has 2 rings (SSSR count). The molecule has 0 saturated heterocycles. The van der Waals surface area contributed by atoms with Crippen molar-refractivity contribution >= 4 is 45.2 Å². The van der Waals surface area contributed by atoms with Crippen molar-refractivity contribution in [3.05, 3.63) is 27.2 Å². The van der Waals surface area contributed by atoms with Gasteiger partial charge in [0.2, 0.25) is 0 Å². The van der Waals surface area contributed by atoms with E-state index in [2.05, 4.69) is 20.9 Å². The van der Waals surface area contributed by atoms with E-state index in [0.29, 0.717) is 17.1 Å². The van der Waals surface area contributed by atoms with Crippen LogP contribution in [0.4, 0.5) is 5.69 Å². The van der Waals surface area contributed by atoms with Crippen LogP contribution >= 0.6 is 27.5 Å². The zero-order valence-electron chi connectivity index (χ0n) is 6.55. The number of ketones is 1. The molecule has 4 heteroatoms. The fraction of sp³-hybridized carbons (Fsp3) is 0.111. The molecule has 66 valence electrons. The highest BCUT2D eigenvalue weighted by atomic mass is 79.9. The topological polar surface area (TPSA) is 29.4 Å². The summed E-state index contributed by atoms with van der Waals surface area (Å²) in [4.78, 5) is 15.0. The van der Waals surface area contributed by atoms with Gasteiger partial charge in [0, 0.05) is 10.9 Å². The van der Waals surface area contributed by atoms with E-state index in [1.54, 1.807) is 6.07 Å². The van der Waals surface area contributed by atoms with Crippen LogP contribution in [0.15, 0.2) is 21.6 Å². The minimum absolute atomic E-state index is 0.0154. The maximum absolute atomic E-state index is 11.0. The lowest BCUT2D eigenvalue weighted by molar-refractivity contribution is -0.112. The number of carbonyl (C=O) groups is 1. The van der Waals surface area contributed by atoms with Crippen LogP contribution in [0.2, 0.25) is 5.02 Å². The van der Waals surface area contributed by atoms with E-state index in [4.69, 9.17) is 11.6 Å². The Morgan fingerprint density at radius 1 is 1.46 bits per heavy atom. The Bertz CT molecular complexity index is 414. The van der Waals surface area contributed by atoms with Gasteiger partial charge in [0.15, 0.2) is 5.78 Å². The Kier molecular flexibility index (Phi) is 2.22. The van der Waals surface area contributed by atoms with Crippen LogP contribution in [0.1, 0.15) is 5.56 Å². The largest absolute Gasteiger partial charge is 0.293 e. The van der Waals surface area contributed by atoms with E-state index in [-0.39, 0.29) is 5.78 Å². The zero-order valence-corrected chi connectivity index (χ0v) is 8.89. The monoisotopic (exact) mass is 257 g/mol. The van der Waals surface area contributed by atoms with E-state index in [1.165, 1.54) is 6.21 Å². The highest BCUT2D eigenvalue weighted by molar-refractivity contribution is 9.10. The normalized spacial score (nSPS) is 14.5. The minimum Gasteiger partial charge on any atom is -0.293 e. The molecule has 0 radical (unpaired) electrons. The van der Waals surface area contributed by atoms with Gasteiger partial charge in [0.05, 0.1) is 16.9 Å². The van der Waals surface area contributed by atoms with Crippen molar-refractivity contribution in [1.82, 2.24) is 0 Å². The second-order valence-electron chi connectivity index (χ2n) is 2.80. The summed E-state index contributed by atoms with van der Waals surface area (Å²) in [6.07, 6.45) is 1.71. The molecule has 1 aliphatic rings. The van der Waals surface area contributed by atoms with Crippen LogP contribution in [0.25, 0.3) is 0 Å². The third-order valence-corrected chi connectivity index (χ3v) is 2.56. The number of nitrogens with zero attached hydrogens (tertiary/aromatic N) is 1. The smallest absolute Gasteiger partial charge is 0.178 e. The van der Waals surface area contributed by atoms with Crippen LogP contribution in [-0.2, 0) is 11.2 Å². The number of hydrogen-bond acceptors (Lipinski definition) is 2. The molecule has 0 bridgehead atoms. The Balaban J connectivity index is 2.62. The maximum atomic E-state index is 11.0. The van der Waals surface area contributed by atoms with E-state index in [9.17, 15) is 4.79 Å². The standard InChI is InChI=1S/C9H5BrClNO/c10-6-1-5-2-7(13)4-12-9(5)8(11)3-6/h1,3-4H,2H2. The molecule has 0 amide bonds. The summed E-state index contributed by atoms with van der Waals surface area (Å²) in [5.41, 5.74) is 1.59. The highest BCUT2D eigenvalue weighted by Gasteiger charge is 2.14. The molecule has 1 aromatic carbocycles. The lowest BCUT2D eigenvalue weighted by Gasteiger charge is -2.10. The average molecular weight is 259 g/mol. The third kappa shape index (κ3) is 1.67. The van der Waals surface area contributed by atoms with Gasteiger partial charge in [0.1, 0.15) is 0 Å². The van der Waals surface area contributed by atoms with Gasteiger partial charge in [-0.3, -0.25) is 9.79 Å². The fourth-order valence-electron chi connectivity index (χ4n) is 1.27. The molecule has 1 aliphatic heterocycles. The summed E-state index contributed by atoms with van der Waals surface area (Å²) >= 11 is 9.25. The number of Topliss-reactive ketones (excluding diaryl/α,β-unsaturated/α-hetero) is 1. The first-order valence-electron chi connectivity index (χ1n) is 3.71. The van der Waals surface area contributed by atoms with Crippen molar-refractivity contribution in [3.63, 3.8) is 0 Å². The maximum Gasteiger partial charge on any atom is 0.178 e. The molecular formula is C9H5BrClNO. The summed E-state index contributed by atoms with van der Waals surface area (Å²) in [6, 6.07) is 3.64. The number of fused-ring (bicyclic) bond motifs is 1. The van der Waals surface area contributed by atoms with Crippen molar-refractivity contribution in [2.75, 3.05) is 0 Å². The van der Waals surface area contributed by atoms with Crippen molar-refractivity contribution < 1.29 is 4.79 Å². The molecule has 0 spiro atoms. The van der Waals surface area contributed by atoms with Crippen LogP contribution in [0.5, 0.6) is 0 Å². The average Bonchev–Trinajstić information content (AvgIpc) is 2.02. The Hall–Kier alpha value is -0.670. The summed E-state index contributed by atoms with van der Waals surface area (Å²) in [5, 5.41) is 0.577. The zero-order chi connectivity index (χ0) is 9.42. The molecule has 0 atom stereocenters. The van der Waals surface area contributed by atoms with Gasteiger partial charge in [-0.2, -0.15) is 0 Å². The van der Waals surface area contributed by atoms with E-state index in [0.717, 1.165) is 10.0 Å². The Morgan fingerprint density at radius 3 is 3.00 bits per heavy atom. The quantitative estimate of drug-likeness (QED) is 0.703. The molecular weight excluding hydrogens is 253 g/mol. The number of hydrogen-bond donors (Lipinski definition) is 0. The third-order valence-electron chi connectivity index (χ3n) is 1.81. The molecule has 0 aromatic heterocycles. The first-order chi connectivity index (χ1) is 6.16. The number of benzene rings is 1. The molecule has 13 heavy (non-hydrogen) atoms. The second-order valence-corrected chi connectivity index (χ2v) is 4.12. The molecule has 0 N–H and O–H groups in total. The van der Waals surface area contributed by atoms with Gasteiger partial charge in [-0.1, -0.05) is 27.5 Å². The van der Waals surface area contributed by atoms with Gasteiger partial charge in [0.25, 0.3) is 0 Å². The SMILES string of the molecule is O=C1C=Nc2c(Cl)cc(Br)cc2C1. The molecule has 1 heterocycles. The van der Waals surface area contributed by atoms with Gasteiger partial charge < -0.3 is 0 Å². The van der Waals surface area contributed by atoms with Crippen LogP contribution in [0, 0.1) is 0 Å². The second kappa shape index (κ2) is 3.24. The van der Waals surface area contributed by atoms with Crippen LogP contribution in [0.3, 0.4) is 0 Å². The van der Waals surface area contributed by atoms with Crippen molar-refractivity contribution in [2.24, 2.45) is 4.99 Å². The number of carbonyl (C=O) groups excluding carboxylic acids is 1. The number of aliphatic imine (C=N–C) groups is 1. The van der Waals surface area contributed by atoms with Gasteiger partial charge in [-0.05, 0) is 17.7 Å². The van der Waals surface area contributed by atoms with Crippen molar-refractivity contribution in [1.29, 1.82) is 0 Å². The first kappa shape index (κ1) is 8.91. The predicted octanol–water partition coefficient (Wildman–Crippen LogP) is 2.93. The predicted molar refractivity (Wildman–Crippen MR) is 56.0 cm³/mol. The lowest BCUT2D eigenvalue weighted by Crippen LogP contribution is -2.08. The fourth-order valence-corrected chi connectivity index (χ4v) is 2.19. The van der Waals surface area contributed by atoms with Crippen LogP contribution in [-0.4, -0.2) is 12.0 Å². The Morgan fingerprint density at radius 2 is 2.23 bits per heavy atom. The first-order valence-corrected chi connectivity index (χ1v) is 4.89. The lowest BCUT2D eigenvalue weighted by atomic mass is 10.1. The Labute approximate surface area is 88.7 Å². The van der Waals surface area contributed by atoms with Gasteiger partial charge >= 0.3 is 0 Å². The van der Waals surface area contributed by atoms with E-state index >= 15 is 0 Å². The summed E-state index contributed by atoms with van der Waals surface area (Å²) < 4.78 is 0.876. The van der Waals surface area contributed by atoms with E-state index in [1.807, 2.05) is 6.07 Å². The summed E-state index contributed by atoms with van der Waals surface area (Å²) in [6.45, 7) is 0. The number of rotatable bonds is 0. The number of halogens is 2. The van der Waals surface area contributed by atoms with Crippen LogP contribution < -0.4 is 0 Å². The van der Waals surface area contributed by atoms with Gasteiger partial charge in [-0.15, -0.1) is 0 Å². The molecule has 2 nitrogen and oxygen atoms in total. The molecule has 1 aromatic rings. The van der Waals surface area contributed by atoms with E-state index < -0.39 is 0 Å². The highest BCUT2D eigenvalue weighted by Crippen LogP contribution is 2.34. The van der Waals surface area contributed by atoms with Crippen molar-refractivity contribution in [2.45, 2.75) is 6.42 Å². The molecule has 0 aliphatic carbocycles. The van der Waals surface area contributed by atoms with Gasteiger partial charge in [-0.25, -0.2) is 0 Å².